The van der Waals surface area contributed by atoms with Crippen molar-refractivity contribution >= 4 is 23.3 Å². The number of halogens is 1. The van der Waals surface area contributed by atoms with E-state index in [4.69, 9.17) is 4.74 Å². The average molecular weight is 518 g/mol. The van der Waals surface area contributed by atoms with Crippen molar-refractivity contribution in [2.45, 2.75) is 38.1 Å². The Labute approximate surface area is 221 Å². The number of likely N-dealkylation sites (N-methyl/N-ethyl adjacent to an activating group) is 1. The van der Waals surface area contributed by atoms with Crippen molar-refractivity contribution < 1.29 is 18.7 Å². The zero-order valence-electron chi connectivity index (χ0n) is 21.5. The number of fused-ring (bicyclic) bond motifs is 1. The second-order valence-electron chi connectivity index (χ2n) is 10.8. The number of nitrogens with zero attached hydrogens (tertiary/aromatic N) is 4. The highest BCUT2D eigenvalue weighted by Gasteiger charge is 2.44. The van der Waals surface area contributed by atoms with E-state index in [-0.39, 0.29) is 11.7 Å². The first-order valence-electron chi connectivity index (χ1n) is 13.2. The number of hydrogen-bond donors (Lipinski definition) is 1. The Morgan fingerprint density at radius 1 is 1.13 bits per heavy atom. The Morgan fingerprint density at radius 3 is 2.66 bits per heavy atom. The van der Waals surface area contributed by atoms with Gasteiger partial charge < -0.3 is 19.9 Å². The maximum absolute atomic E-state index is 13.4. The average Bonchev–Trinajstić information content (AvgIpc) is 3.35. The van der Waals surface area contributed by atoms with Gasteiger partial charge in [-0.2, -0.15) is 9.78 Å². The van der Waals surface area contributed by atoms with Crippen LogP contribution in [-0.2, 0) is 22.4 Å². The topological polar surface area (TPSA) is 79.7 Å². The Bertz CT molecular complexity index is 1340. The summed E-state index contributed by atoms with van der Waals surface area (Å²) in [7, 11) is 1.78. The lowest BCUT2D eigenvalue weighted by atomic mass is 9.73. The van der Waals surface area contributed by atoms with Crippen LogP contribution in [0.2, 0.25) is 0 Å². The van der Waals surface area contributed by atoms with Crippen molar-refractivity contribution in [3.63, 3.8) is 0 Å². The summed E-state index contributed by atoms with van der Waals surface area (Å²) in [5, 5.41) is 7.05. The number of anilines is 2. The zero-order chi connectivity index (χ0) is 26.3. The SMILES string of the molecule is CN1C(=O)[C@@H](NC(=O)n2cc(Cc3ccc(F)cc3)cn2)CCc2ccc(N3CC4(CCOCC4)C3)cc21. The minimum absolute atomic E-state index is 0.141. The van der Waals surface area contributed by atoms with Crippen LogP contribution < -0.4 is 15.1 Å². The highest BCUT2D eigenvalue weighted by Crippen LogP contribution is 2.43. The first-order chi connectivity index (χ1) is 18.4. The van der Waals surface area contributed by atoms with E-state index < -0.39 is 12.1 Å². The van der Waals surface area contributed by atoms with Crippen molar-refractivity contribution in [3.05, 3.63) is 77.4 Å². The van der Waals surface area contributed by atoms with Gasteiger partial charge in [-0.15, -0.1) is 0 Å². The number of carbonyl (C=O) groups excluding carboxylic acids is 2. The van der Waals surface area contributed by atoms with Gasteiger partial charge in [-0.3, -0.25) is 4.79 Å². The molecule has 2 saturated heterocycles. The van der Waals surface area contributed by atoms with Gasteiger partial charge in [0.2, 0.25) is 5.91 Å². The number of aromatic nitrogens is 2. The predicted octanol–water partition coefficient (Wildman–Crippen LogP) is 3.77. The van der Waals surface area contributed by atoms with Crippen LogP contribution in [0.5, 0.6) is 0 Å². The van der Waals surface area contributed by atoms with E-state index in [1.54, 1.807) is 36.5 Å². The highest BCUT2D eigenvalue weighted by molar-refractivity contribution is 6.00. The molecule has 2 amide bonds. The van der Waals surface area contributed by atoms with Crippen LogP contribution in [0.1, 0.15) is 36.0 Å². The monoisotopic (exact) mass is 517 g/mol. The molecule has 1 N–H and O–H groups in total. The third kappa shape index (κ3) is 4.78. The van der Waals surface area contributed by atoms with Crippen LogP contribution >= 0.6 is 0 Å². The number of rotatable bonds is 4. The summed E-state index contributed by atoms with van der Waals surface area (Å²) in [5.41, 5.74) is 5.25. The minimum atomic E-state index is -0.650. The highest BCUT2D eigenvalue weighted by atomic mass is 19.1. The predicted molar refractivity (Wildman–Crippen MR) is 142 cm³/mol. The smallest absolute Gasteiger partial charge is 0.342 e. The molecule has 2 fully saturated rings. The van der Waals surface area contributed by atoms with E-state index >= 15 is 0 Å². The van der Waals surface area contributed by atoms with Gasteiger partial charge >= 0.3 is 6.03 Å². The number of ether oxygens (including phenoxy) is 1. The van der Waals surface area contributed by atoms with Crippen molar-refractivity contribution in [3.8, 4) is 0 Å². The van der Waals surface area contributed by atoms with Gasteiger partial charge in [0.1, 0.15) is 11.9 Å². The fraction of sp³-hybridized carbons (Fsp3) is 0.414. The number of amides is 2. The number of nitrogens with one attached hydrogen (secondary N) is 1. The lowest BCUT2D eigenvalue weighted by Gasteiger charge is -2.53. The molecule has 1 spiro atoms. The van der Waals surface area contributed by atoms with Crippen LogP contribution in [0.15, 0.2) is 54.9 Å². The Morgan fingerprint density at radius 2 is 1.89 bits per heavy atom. The van der Waals surface area contributed by atoms with Crippen LogP contribution in [0.3, 0.4) is 0 Å². The third-order valence-corrected chi connectivity index (χ3v) is 8.20. The van der Waals surface area contributed by atoms with Crippen molar-refractivity contribution in [1.29, 1.82) is 0 Å². The van der Waals surface area contributed by atoms with Crippen LogP contribution in [0.4, 0.5) is 20.6 Å². The largest absolute Gasteiger partial charge is 0.381 e. The first-order valence-corrected chi connectivity index (χ1v) is 13.2. The lowest BCUT2D eigenvalue weighted by molar-refractivity contribution is -0.120. The summed E-state index contributed by atoms with van der Waals surface area (Å²) >= 11 is 0. The molecule has 0 saturated carbocycles. The lowest BCUT2D eigenvalue weighted by Crippen LogP contribution is -2.58. The van der Waals surface area contributed by atoms with Crippen LogP contribution in [0, 0.1) is 11.2 Å². The third-order valence-electron chi connectivity index (χ3n) is 8.20. The zero-order valence-corrected chi connectivity index (χ0v) is 21.5. The molecule has 0 unspecified atom stereocenters. The molecule has 3 aromatic rings. The van der Waals surface area contributed by atoms with E-state index in [0.717, 1.165) is 67.2 Å². The van der Waals surface area contributed by atoms with E-state index in [2.05, 4.69) is 33.5 Å². The van der Waals surface area contributed by atoms with E-state index in [9.17, 15) is 14.0 Å². The molecule has 0 aliphatic carbocycles. The fourth-order valence-electron chi connectivity index (χ4n) is 5.86. The Kier molecular flexibility index (Phi) is 6.39. The van der Waals surface area contributed by atoms with Gasteiger partial charge in [0.15, 0.2) is 0 Å². The Hall–Kier alpha value is -3.72. The van der Waals surface area contributed by atoms with Gasteiger partial charge in [-0.25, -0.2) is 9.18 Å². The molecule has 4 heterocycles. The normalized spacial score (nSPS) is 20.6. The van der Waals surface area contributed by atoms with Gasteiger partial charge in [0, 0.05) is 62.8 Å². The second-order valence-corrected chi connectivity index (χ2v) is 10.8. The molecule has 0 radical (unpaired) electrons. The second kappa shape index (κ2) is 9.87. The molecule has 8 nitrogen and oxygen atoms in total. The van der Waals surface area contributed by atoms with Crippen molar-refractivity contribution in [1.82, 2.24) is 15.1 Å². The maximum atomic E-state index is 13.4. The quantitative estimate of drug-likeness (QED) is 0.570. The number of aryl methyl sites for hydroxylation is 1. The molecule has 3 aliphatic rings. The molecule has 1 aromatic heterocycles. The van der Waals surface area contributed by atoms with E-state index in [1.807, 2.05) is 0 Å². The molecule has 0 bridgehead atoms. The molecule has 38 heavy (non-hydrogen) atoms. The Balaban J connectivity index is 1.10. The van der Waals surface area contributed by atoms with E-state index in [0.29, 0.717) is 24.7 Å². The molecule has 3 aliphatic heterocycles. The summed E-state index contributed by atoms with van der Waals surface area (Å²) in [5.74, 6) is -0.429. The van der Waals surface area contributed by atoms with Crippen molar-refractivity contribution in [2.24, 2.45) is 5.41 Å². The van der Waals surface area contributed by atoms with Crippen LogP contribution in [0.25, 0.3) is 0 Å². The standard InChI is InChI=1S/C29H32FN5O3/c1-33-26-15-24(34-18-29(19-34)10-12-38-13-11-29)8-4-22(26)5-9-25(27(33)36)32-28(37)35-17-21(16-31-35)14-20-2-6-23(30)7-3-20/h2-4,6-8,15-17,25H,5,9-14,18-19H2,1H3,(H,32,37)/t25-/m0/s1. The molecule has 1 atom stereocenters. The molecule has 198 valence electrons. The number of carbonyl (C=O) groups is 2. The summed E-state index contributed by atoms with van der Waals surface area (Å²) in [6.45, 7) is 3.74. The summed E-state index contributed by atoms with van der Waals surface area (Å²) < 4.78 is 19.9. The molecule has 6 rings (SSSR count). The summed E-state index contributed by atoms with van der Waals surface area (Å²) in [6, 6.07) is 11.5. The molecule has 9 heteroatoms. The van der Waals surface area contributed by atoms with Crippen molar-refractivity contribution in [2.75, 3.05) is 43.2 Å². The first kappa shape index (κ1) is 24.6. The van der Waals surface area contributed by atoms with Crippen LogP contribution in [-0.4, -0.2) is 61.1 Å². The van der Waals surface area contributed by atoms with Gasteiger partial charge in [-0.05, 0) is 66.6 Å². The van der Waals surface area contributed by atoms with Gasteiger partial charge in [-0.1, -0.05) is 18.2 Å². The van der Waals surface area contributed by atoms with E-state index in [1.165, 1.54) is 16.8 Å². The van der Waals surface area contributed by atoms with Gasteiger partial charge in [0.05, 0.1) is 6.20 Å². The summed E-state index contributed by atoms with van der Waals surface area (Å²) in [6.07, 6.45) is 7.20. The molecule has 2 aromatic carbocycles. The number of benzene rings is 2. The molecular formula is C29H32FN5O3. The minimum Gasteiger partial charge on any atom is -0.381 e. The van der Waals surface area contributed by atoms with Gasteiger partial charge in [0.25, 0.3) is 0 Å². The number of hydrogen-bond acceptors (Lipinski definition) is 5. The maximum Gasteiger partial charge on any atom is 0.342 e. The fourth-order valence-corrected chi connectivity index (χ4v) is 5.86. The summed E-state index contributed by atoms with van der Waals surface area (Å²) in [4.78, 5) is 30.4. The molecular weight excluding hydrogens is 485 g/mol.